The van der Waals surface area contributed by atoms with Crippen LogP contribution in [-0.4, -0.2) is 22.0 Å². The molecular weight excluding hydrogens is 452 g/mol. The lowest BCUT2D eigenvalue weighted by Crippen LogP contribution is -2.36. The van der Waals surface area contributed by atoms with E-state index in [9.17, 15) is 14.7 Å². The third-order valence-corrected chi connectivity index (χ3v) is 8.44. The minimum atomic E-state index is -0.891. The summed E-state index contributed by atoms with van der Waals surface area (Å²) in [6, 6.07) is 13.4. The molecule has 5 nitrogen and oxygen atoms in total. The Morgan fingerprint density at radius 3 is 2.61 bits per heavy atom. The Balaban J connectivity index is 1.29. The van der Waals surface area contributed by atoms with Gasteiger partial charge in [0.05, 0.1) is 22.1 Å². The molecule has 0 radical (unpaired) electrons. The van der Waals surface area contributed by atoms with Crippen LogP contribution in [0, 0.1) is 23.7 Å². The van der Waals surface area contributed by atoms with Crippen molar-refractivity contribution in [1.82, 2.24) is 4.98 Å². The number of aromatic nitrogens is 1. The predicted octanol–water partition coefficient (Wildman–Crippen LogP) is 5.70. The lowest BCUT2D eigenvalue weighted by Gasteiger charge is -2.23. The van der Waals surface area contributed by atoms with E-state index in [1.54, 1.807) is 23.1 Å². The third kappa shape index (κ3) is 4.10. The minimum absolute atomic E-state index is 0.00843. The van der Waals surface area contributed by atoms with Gasteiger partial charge in [0.2, 0.25) is 5.91 Å². The highest BCUT2D eigenvalue weighted by molar-refractivity contribution is 8.00. The molecule has 2 aliphatic carbocycles. The van der Waals surface area contributed by atoms with Gasteiger partial charge in [-0.1, -0.05) is 47.6 Å². The van der Waals surface area contributed by atoms with Crippen LogP contribution in [-0.2, 0) is 15.3 Å². The van der Waals surface area contributed by atoms with Crippen LogP contribution >= 0.6 is 34.7 Å². The Labute approximate surface area is 192 Å². The highest BCUT2D eigenvalue weighted by atomic mass is 35.5. The second-order valence-corrected chi connectivity index (χ2v) is 10.6. The molecule has 1 amide bonds. The zero-order chi connectivity index (χ0) is 21.5. The fourth-order valence-electron chi connectivity index (χ4n) is 4.51. The molecule has 5 rings (SSSR count). The summed E-state index contributed by atoms with van der Waals surface area (Å²) >= 11 is 9.18. The van der Waals surface area contributed by atoms with Crippen molar-refractivity contribution >= 4 is 62.5 Å². The summed E-state index contributed by atoms with van der Waals surface area (Å²) in [6.07, 6.45) is 4.68. The maximum absolute atomic E-state index is 12.9. The summed E-state index contributed by atoms with van der Waals surface area (Å²) in [5.74, 6) is -1.50. The normalized spacial score (nSPS) is 24.0. The Bertz CT molecular complexity index is 1190. The van der Waals surface area contributed by atoms with Crippen LogP contribution in [0.3, 0.4) is 0 Å². The number of thiazole rings is 1. The minimum Gasteiger partial charge on any atom is -0.481 e. The molecule has 158 valence electrons. The number of aliphatic carboxylic acids is 1. The Hall–Kier alpha value is -2.35. The molecule has 2 aliphatic rings. The molecule has 0 unspecified atom stereocenters. The average molecular weight is 471 g/mol. The number of hydrogen-bond donors (Lipinski definition) is 2. The number of carbonyl (C=O) groups excluding carboxylic acids is 1. The van der Waals surface area contributed by atoms with Gasteiger partial charge < -0.3 is 10.4 Å². The van der Waals surface area contributed by atoms with Crippen LogP contribution in [0.1, 0.15) is 12.0 Å². The number of thioether (sulfide) groups is 1. The number of anilines is 1. The van der Waals surface area contributed by atoms with Crippen molar-refractivity contribution in [2.75, 3.05) is 5.32 Å². The molecular formula is C23H19ClN2O3S2. The molecule has 0 aliphatic heterocycles. The van der Waals surface area contributed by atoms with Gasteiger partial charge in [-0.3, -0.25) is 9.59 Å². The molecule has 1 saturated carbocycles. The number of carboxylic acids is 1. The fourth-order valence-corrected chi connectivity index (χ4v) is 6.70. The maximum atomic E-state index is 12.9. The highest BCUT2D eigenvalue weighted by Gasteiger charge is 2.51. The number of allylic oxidation sites excluding steroid dienone is 2. The second-order valence-electron chi connectivity index (χ2n) is 7.90. The van der Waals surface area contributed by atoms with Gasteiger partial charge in [-0.25, -0.2) is 4.98 Å². The summed E-state index contributed by atoms with van der Waals surface area (Å²) < 4.78 is 1.94. The van der Waals surface area contributed by atoms with Gasteiger partial charge in [0.15, 0.2) is 4.34 Å². The number of nitrogens with zero attached hydrogens (tertiary/aromatic N) is 1. The molecule has 1 aromatic heterocycles. The molecule has 2 N–H and O–H groups in total. The van der Waals surface area contributed by atoms with Crippen molar-refractivity contribution in [2.24, 2.45) is 23.7 Å². The first kappa shape index (κ1) is 20.5. The monoisotopic (exact) mass is 470 g/mol. The smallest absolute Gasteiger partial charge is 0.307 e. The van der Waals surface area contributed by atoms with E-state index in [1.165, 1.54) is 5.56 Å². The summed E-state index contributed by atoms with van der Waals surface area (Å²) in [7, 11) is 0. The van der Waals surface area contributed by atoms with E-state index in [0.717, 1.165) is 31.8 Å². The number of fused-ring (bicyclic) bond motifs is 3. The van der Waals surface area contributed by atoms with Gasteiger partial charge in [0.25, 0.3) is 0 Å². The molecule has 0 spiro atoms. The van der Waals surface area contributed by atoms with Gasteiger partial charge >= 0.3 is 5.97 Å². The van der Waals surface area contributed by atoms with Crippen molar-refractivity contribution in [1.29, 1.82) is 0 Å². The van der Waals surface area contributed by atoms with E-state index < -0.39 is 17.8 Å². The van der Waals surface area contributed by atoms with E-state index in [-0.39, 0.29) is 17.7 Å². The SMILES string of the molecule is O=C(O)[C@@H]1[C@@H](C(=O)Nc2ccc3nc(SCc4ccc(Cl)cc4)sc3c2)[C@H]2C=C[C@H]1C2. The van der Waals surface area contributed by atoms with E-state index in [4.69, 9.17) is 11.6 Å². The molecule has 0 saturated heterocycles. The molecule has 2 aromatic carbocycles. The first-order chi connectivity index (χ1) is 15.0. The van der Waals surface area contributed by atoms with Gasteiger partial charge in [-0.15, -0.1) is 11.3 Å². The summed E-state index contributed by atoms with van der Waals surface area (Å²) in [5, 5.41) is 13.2. The largest absolute Gasteiger partial charge is 0.481 e. The van der Waals surface area contributed by atoms with Crippen LogP contribution < -0.4 is 5.32 Å². The molecule has 4 atom stereocenters. The molecule has 1 fully saturated rings. The Kier molecular flexibility index (Phi) is 5.50. The van der Waals surface area contributed by atoms with Gasteiger partial charge in [0.1, 0.15) is 0 Å². The molecule has 2 bridgehead atoms. The van der Waals surface area contributed by atoms with Crippen molar-refractivity contribution < 1.29 is 14.7 Å². The van der Waals surface area contributed by atoms with Crippen molar-refractivity contribution in [2.45, 2.75) is 16.5 Å². The van der Waals surface area contributed by atoms with Gasteiger partial charge in [0, 0.05) is 16.5 Å². The first-order valence-corrected chi connectivity index (χ1v) is 12.2. The second kappa shape index (κ2) is 8.30. The van der Waals surface area contributed by atoms with Crippen LogP contribution in [0.5, 0.6) is 0 Å². The quantitative estimate of drug-likeness (QED) is 0.356. The zero-order valence-corrected chi connectivity index (χ0v) is 18.7. The molecule has 31 heavy (non-hydrogen) atoms. The molecule has 1 heterocycles. The van der Waals surface area contributed by atoms with E-state index in [1.807, 2.05) is 54.6 Å². The Morgan fingerprint density at radius 1 is 1.13 bits per heavy atom. The Morgan fingerprint density at radius 2 is 1.87 bits per heavy atom. The van der Waals surface area contributed by atoms with E-state index >= 15 is 0 Å². The van der Waals surface area contributed by atoms with Crippen molar-refractivity contribution in [3.63, 3.8) is 0 Å². The molecule has 8 heteroatoms. The lowest BCUT2D eigenvalue weighted by molar-refractivity contribution is -0.146. The number of carbonyl (C=O) groups is 2. The summed E-state index contributed by atoms with van der Waals surface area (Å²) in [5.41, 5.74) is 2.73. The standard InChI is InChI=1S/C23H19ClN2O3S2/c24-15-5-1-12(2-6-15)11-30-23-26-17-8-7-16(10-18(17)31-23)25-21(27)19-13-3-4-14(9-13)20(19)22(28)29/h1-8,10,13-14,19-20H,9,11H2,(H,25,27)(H,28,29)/t13-,14-,19-,20-/m0/s1. The van der Waals surface area contributed by atoms with Gasteiger partial charge in [-0.2, -0.15) is 0 Å². The van der Waals surface area contributed by atoms with Gasteiger partial charge in [-0.05, 0) is 54.2 Å². The zero-order valence-electron chi connectivity index (χ0n) is 16.3. The lowest BCUT2D eigenvalue weighted by atomic mass is 9.82. The number of halogens is 1. The summed E-state index contributed by atoms with van der Waals surface area (Å²) in [6.45, 7) is 0. The molecule has 3 aromatic rings. The number of amides is 1. The fraction of sp³-hybridized carbons (Fsp3) is 0.261. The van der Waals surface area contributed by atoms with Crippen LogP contribution in [0.4, 0.5) is 5.69 Å². The highest BCUT2D eigenvalue weighted by Crippen LogP contribution is 2.48. The van der Waals surface area contributed by atoms with Crippen LogP contribution in [0.15, 0.2) is 59.0 Å². The van der Waals surface area contributed by atoms with Crippen molar-refractivity contribution in [3.8, 4) is 0 Å². The third-order valence-electron chi connectivity index (χ3n) is 5.96. The summed E-state index contributed by atoms with van der Waals surface area (Å²) in [4.78, 5) is 29.3. The topological polar surface area (TPSA) is 79.3 Å². The van der Waals surface area contributed by atoms with Crippen LogP contribution in [0.25, 0.3) is 10.2 Å². The number of rotatable bonds is 6. The number of nitrogens with one attached hydrogen (secondary N) is 1. The van der Waals surface area contributed by atoms with E-state index in [2.05, 4.69) is 10.3 Å². The van der Waals surface area contributed by atoms with E-state index in [0.29, 0.717) is 5.69 Å². The predicted molar refractivity (Wildman–Crippen MR) is 125 cm³/mol. The number of carboxylic acid groups (broad SMARTS) is 1. The number of hydrogen-bond acceptors (Lipinski definition) is 5. The number of benzene rings is 2. The maximum Gasteiger partial charge on any atom is 0.307 e. The van der Waals surface area contributed by atoms with Crippen molar-refractivity contribution in [3.05, 3.63) is 65.2 Å². The van der Waals surface area contributed by atoms with Crippen LogP contribution in [0.2, 0.25) is 5.02 Å². The first-order valence-electron chi connectivity index (χ1n) is 9.98. The average Bonchev–Trinajstić information content (AvgIpc) is 3.47.